The standard InChI is InChI=1S/C21H18N2O2S/c1-13-8-9-18(24)15(11-13)16-12-17-14-5-2-3-6-19(14)25-21(23(17)22-16)20-7-4-10-26-20/h2-11,17,21,24H,12H2,1H3/t17-,21-/m1/s1. The average Bonchev–Trinajstić information content (AvgIpc) is 3.33. The number of hydrogen-bond donors (Lipinski definition) is 1. The molecule has 2 aliphatic heterocycles. The van der Waals surface area contributed by atoms with Gasteiger partial charge in [-0.2, -0.15) is 5.10 Å². The second-order valence-electron chi connectivity index (χ2n) is 6.69. The molecule has 4 nitrogen and oxygen atoms in total. The van der Waals surface area contributed by atoms with E-state index in [4.69, 9.17) is 9.84 Å². The number of phenols is 1. The molecule has 130 valence electrons. The molecule has 0 aliphatic carbocycles. The second kappa shape index (κ2) is 5.88. The van der Waals surface area contributed by atoms with E-state index < -0.39 is 0 Å². The zero-order chi connectivity index (χ0) is 17.7. The summed E-state index contributed by atoms with van der Waals surface area (Å²) in [6, 6.07) is 18.0. The molecule has 0 unspecified atom stereocenters. The number of nitrogens with zero attached hydrogens (tertiary/aromatic N) is 2. The van der Waals surface area contributed by atoms with Gasteiger partial charge in [0, 0.05) is 17.5 Å². The molecule has 0 amide bonds. The molecule has 0 fully saturated rings. The molecule has 5 rings (SSSR count). The Morgan fingerprint density at radius 3 is 2.88 bits per heavy atom. The highest BCUT2D eigenvalue weighted by atomic mass is 32.1. The van der Waals surface area contributed by atoms with Crippen LogP contribution in [0, 0.1) is 6.92 Å². The van der Waals surface area contributed by atoms with E-state index in [2.05, 4.69) is 17.5 Å². The number of ether oxygens (including phenoxy) is 1. The van der Waals surface area contributed by atoms with E-state index in [0.717, 1.165) is 39.4 Å². The lowest BCUT2D eigenvalue weighted by atomic mass is 9.95. The molecular weight excluding hydrogens is 344 g/mol. The summed E-state index contributed by atoms with van der Waals surface area (Å²) < 4.78 is 6.30. The third-order valence-corrected chi connectivity index (χ3v) is 5.85. The maximum absolute atomic E-state index is 10.3. The van der Waals surface area contributed by atoms with E-state index in [1.54, 1.807) is 17.4 Å². The molecule has 0 saturated carbocycles. The Morgan fingerprint density at radius 1 is 1.15 bits per heavy atom. The van der Waals surface area contributed by atoms with Crippen LogP contribution in [-0.2, 0) is 0 Å². The first kappa shape index (κ1) is 15.5. The molecular formula is C21H18N2O2S. The van der Waals surface area contributed by atoms with Gasteiger partial charge >= 0.3 is 0 Å². The summed E-state index contributed by atoms with van der Waals surface area (Å²) in [6.45, 7) is 2.03. The summed E-state index contributed by atoms with van der Waals surface area (Å²) in [5.41, 5.74) is 3.96. The van der Waals surface area contributed by atoms with E-state index in [9.17, 15) is 5.11 Å². The Balaban J connectivity index is 1.62. The van der Waals surface area contributed by atoms with Crippen molar-refractivity contribution < 1.29 is 9.84 Å². The summed E-state index contributed by atoms with van der Waals surface area (Å²) in [6.07, 6.45) is 0.513. The molecule has 3 aromatic rings. The van der Waals surface area contributed by atoms with Crippen molar-refractivity contribution >= 4 is 17.0 Å². The van der Waals surface area contributed by atoms with Crippen molar-refractivity contribution in [3.05, 3.63) is 81.5 Å². The minimum absolute atomic E-state index is 0.113. The summed E-state index contributed by atoms with van der Waals surface area (Å²) >= 11 is 1.67. The molecule has 0 spiro atoms. The first-order valence-corrected chi connectivity index (χ1v) is 9.53. The Bertz CT molecular complexity index is 997. The number of hydrogen-bond acceptors (Lipinski definition) is 5. The summed E-state index contributed by atoms with van der Waals surface area (Å²) in [7, 11) is 0. The van der Waals surface area contributed by atoms with Gasteiger partial charge in [0.1, 0.15) is 11.5 Å². The van der Waals surface area contributed by atoms with Gasteiger partial charge in [0.15, 0.2) is 0 Å². The molecule has 1 aromatic heterocycles. The van der Waals surface area contributed by atoms with Crippen LogP contribution < -0.4 is 4.74 Å². The highest BCUT2D eigenvalue weighted by Crippen LogP contribution is 2.48. The predicted octanol–water partition coefficient (Wildman–Crippen LogP) is 5.00. The quantitative estimate of drug-likeness (QED) is 0.697. The van der Waals surface area contributed by atoms with Gasteiger partial charge in [0.2, 0.25) is 6.23 Å². The molecule has 1 N–H and O–H groups in total. The van der Waals surface area contributed by atoms with E-state index in [1.807, 2.05) is 48.3 Å². The topological polar surface area (TPSA) is 45.1 Å². The number of rotatable bonds is 2. The molecule has 26 heavy (non-hydrogen) atoms. The molecule has 0 bridgehead atoms. The number of aryl methyl sites for hydroxylation is 1. The van der Waals surface area contributed by atoms with Crippen LogP contribution >= 0.6 is 11.3 Å². The lowest BCUT2D eigenvalue weighted by Gasteiger charge is -2.37. The second-order valence-corrected chi connectivity index (χ2v) is 7.67. The normalized spacial score (nSPS) is 21.0. The van der Waals surface area contributed by atoms with Crippen molar-refractivity contribution in [3.63, 3.8) is 0 Å². The van der Waals surface area contributed by atoms with Gasteiger partial charge in [0.25, 0.3) is 0 Å². The van der Waals surface area contributed by atoms with E-state index >= 15 is 0 Å². The van der Waals surface area contributed by atoms with Crippen LogP contribution in [0.1, 0.15) is 40.3 Å². The van der Waals surface area contributed by atoms with Gasteiger partial charge < -0.3 is 9.84 Å². The van der Waals surface area contributed by atoms with Gasteiger partial charge in [-0.3, -0.25) is 0 Å². The summed E-state index contributed by atoms with van der Waals surface area (Å²) in [5.74, 6) is 1.19. The lowest BCUT2D eigenvalue weighted by molar-refractivity contribution is -0.0165. The van der Waals surface area contributed by atoms with Crippen LogP contribution in [-0.4, -0.2) is 15.8 Å². The average molecular weight is 362 g/mol. The van der Waals surface area contributed by atoms with Crippen molar-refractivity contribution in [1.82, 2.24) is 5.01 Å². The van der Waals surface area contributed by atoms with Crippen LogP contribution in [0.4, 0.5) is 0 Å². The van der Waals surface area contributed by atoms with Crippen LogP contribution in [0.2, 0.25) is 0 Å². The third-order valence-electron chi connectivity index (χ3n) is 4.95. The molecule has 2 aromatic carbocycles. The van der Waals surface area contributed by atoms with Crippen LogP contribution in [0.15, 0.2) is 65.1 Å². The van der Waals surface area contributed by atoms with Crippen molar-refractivity contribution in [1.29, 1.82) is 0 Å². The fraction of sp³-hybridized carbons (Fsp3) is 0.190. The number of fused-ring (bicyclic) bond motifs is 3. The fourth-order valence-electron chi connectivity index (χ4n) is 3.70. The number of hydrazone groups is 1. The van der Waals surface area contributed by atoms with Crippen LogP contribution in [0.25, 0.3) is 0 Å². The summed E-state index contributed by atoms with van der Waals surface area (Å²) in [4.78, 5) is 1.13. The Labute approximate surface area is 156 Å². The molecule has 0 saturated heterocycles. The number of benzene rings is 2. The van der Waals surface area contributed by atoms with Crippen molar-refractivity contribution in [2.75, 3.05) is 0 Å². The smallest absolute Gasteiger partial charge is 0.222 e. The Hall–Kier alpha value is -2.79. The maximum Gasteiger partial charge on any atom is 0.222 e. The largest absolute Gasteiger partial charge is 0.507 e. The Kier molecular flexibility index (Phi) is 3.50. The molecule has 2 atom stereocenters. The minimum Gasteiger partial charge on any atom is -0.507 e. The molecule has 3 heterocycles. The monoisotopic (exact) mass is 362 g/mol. The molecule has 2 aliphatic rings. The van der Waals surface area contributed by atoms with Gasteiger partial charge in [-0.05, 0) is 36.6 Å². The maximum atomic E-state index is 10.3. The van der Waals surface area contributed by atoms with Crippen molar-refractivity contribution in [2.24, 2.45) is 5.10 Å². The SMILES string of the molecule is Cc1ccc(O)c(C2=NN3[C@H](C2)c2ccccc2O[C@@H]3c2cccs2)c1. The number of para-hydroxylation sites is 1. The fourth-order valence-corrected chi connectivity index (χ4v) is 4.44. The first-order chi connectivity index (χ1) is 12.7. The minimum atomic E-state index is -0.237. The van der Waals surface area contributed by atoms with E-state index in [0.29, 0.717) is 0 Å². The van der Waals surface area contributed by atoms with E-state index in [1.165, 1.54) is 0 Å². The molecule has 0 radical (unpaired) electrons. The zero-order valence-corrected chi connectivity index (χ0v) is 15.1. The lowest BCUT2D eigenvalue weighted by Crippen LogP contribution is -2.33. The highest BCUT2D eigenvalue weighted by Gasteiger charge is 2.41. The van der Waals surface area contributed by atoms with Gasteiger partial charge in [-0.15, -0.1) is 11.3 Å². The number of phenolic OH excluding ortho intramolecular Hbond substituents is 1. The highest BCUT2D eigenvalue weighted by molar-refractivity contribution is 7.10. The van der Waals surface area contributed by atoms with E-state index in [-0.39, 0.29) is 18.0 Å². The van der Waals surface area contributed by atoms with Crippen LogP contribution in [0.3, 0.4) is 0 Å². The number of aromatic hydroxyl groups is 1. The van der Waals surface area contributed by atoms with Crippen molar-refractivity contribution in [2.45, 2.75) is 25.6 Å². The number of thiophene rings is 1. The first-order valence-electron chi connectivity index (χ1n) is 8.65. The predicted molar refractivity (Wildman–Crippen MR) is 103 cm³/mol. The van der Waals surface area contributed by atoms with Crippen molar-refractivity contribution in [3.8, 4) is 11.5 Å². The zero-order valence-electron chi connectivity index (χ0n) is 14.3. The van der Waals surface area contributed by atoms with Gasteiger partial charge in [-0.1, -0.05) is 35.9 Å². The molecule has 5 heteroatoms. The summed E-state index contributed by atoms with van der Waals surface area (Å²) in [5, 5.41) is 19.3. The Morgan fingerprint density at radius 2 is 2.04 bits per heavy atom. The van der Waals surface area contributed by atoms with Crippen LogP contribution in [0.5, 0.6) is 11.5 Å². The third kappa shape index (κ3) is 2.39. The van der Waals surface area contributed by atoms with Gasteiger partial charge in [-0.25, -0.2) is 5.01 Å². The van der Waals surface area contributed by atoms with Gasteiger partial charge in [0.05, 0.1) is 16.6 Å².